The van der Waals surface area contributed by atoms with Gasteiger partial charge in [-0.05, 0) is 31.4 Å². The van der Waals surface area contributed by atoms with Crippen LogP contribution in [0.2, 0.25) is 0 Å². The molecule has 0 aliphatic carbocycles. The molecule has 5 nitrogen and oxygen atoms in total. The van der Waals surface area contributed by atoms with Crippen LogP contribution in [0.1, 0.15) is 24.2 Å². The lowest BCUT2D eigenvalue weighted by atomic mass is 9.78. The Morgan fingerprint density at radius 3 is 2.71 bits per heavy atom. The van der Waals surface area contributed by atoms with Gasteiger partial charge in [0.05, 0.1) is 25.4 Å². The smallest absolute Gasteiger partial charge is 0.404 e. The number of benzene rings is 1. The van der Waals surface area contributed by atoms with Gasteiger partial charge in [-0.2, -0.15) is 0 Å². The highest BCUT2D eigenvalue weighted by Gasteiger charge is 2.38. The van der Waals surface area contributed by atoms with Crippen molar-refractivity contribution in [1.82, 2.24) is 4.90 Å². The highest BCUT2D eigenvalue weighted by atomic mass is 16.7. The predicted octanol–water partition coefficient (Wildman–Crippen LogP) is 0.680. The van der Waals surface area contributed by atoms with Gasteiger partial charge in [0.25, 0.3) is 5.91 Å². The number of hydrogen-bond donors (Lipinski definition) is 0. The van der Waals surface area contributed by atoms with Crippen molar-refractivity contribution in [2.45, 2.75) is 19.4 Å². The Balaban J connectivity index is 1.75. The summed E-state index contributed by atoms with van der Waals surface area (Å²) in [4.78, 5) is 14.3. The van der Waals surface area contributed by atoms with E-state index in [1.165, 1.54) is 0 Å². The molecule has 0 radical (unpaired) electrons. The predicted molar refractivity (Wildman–Crippen MR) is 79.7 cm³/mol. The lowest BCUT2D eigenvalue weighted by Crippen LogP contribution is -2.41. The maximum atomic E-state index is 12.5. The third-order valence-corrected chi connectivity index (χ3v) is 3.71. The van der Waals surface area contributed by atoms with Gasteiger partial charge in [0.1, 0.15) is 0 Å². The standard InChI is InChI=1S/C15H20BNO4/c1-15(2)11-20-16(21-15)13-5-3-4-12(10-13)14(18)17-6-8-19-9-7-17/h3-5,10H,6-9,11H2,1-2H3. The third kappa shape index (κ3) is 3.28. The van der Waals surface area contributed by atoms with Gasteiger partial charge in [-0.15, -0.1) is 0 Å². The second-order valence-corrected chi connectivity index (χ2v) is 6.05. The van der Waals surface area contributed by atoms with Crippen LogP contribution in [-0.4, -0.2) is 56.4 Å². The maximum Gasteiger partial charge on any atom is 0.494 e. The van der Waals surface area contributed by atoms with E-state index in [1.54, 1.807) is 0 Å². The summed E-state index contributed by atoms with van der Waals surface area (Å²) in [5.41, 5.74) is 1.28. The van der Waals surface area contributed by atoms with E-state index in [0.29, 0.717) is 38.5 Å². The minimum atomic E-state index is -0.391. The number of nitrogens with zero attached hydrogens (tertiary/aromatic N) is 1. The molecular formula is C15H20BNO4. The zero-order valence-electron chi connectivity index (χ0n) is 12.5. The minimum Gasteiger partial charge on any atom is -0.404 e. The minimum absolute atomic E-state index is 0.0393. The van der Waals surface area contributed by atoms with E-state index in [2.05, 4.69) is 0 Å². The van der Waals surface area contributed by atoms with Crippen LogP contribution < -0.4 is 5.46 Å². The summed E-state index contributed by atoms with van der Waals surface area (Å²) in [6.45, 7) is 7.05. The molecule has 1 aromatic rings. The van der Waals surface area contributed by atoms with Crippen molar-refractivity contribution in [3.05, 3.63) is 29.8 Å². The molecule has 112 valence electrons. The summed E-state index contributed by atoms with van der Waals surface area (Å²) in [6.07, 6.45) is 0. The van der Waals surface area contributed by atoms with Crippen LogP contribution in [-0.2, 0) is 14.0 Å². The molecule has 2 aliphatic rings. The van der Waals surface area contributed by atoms with Gasteiger partial charge >= 0.3 is 7.12 Å². The summed E-state index contributed by atoms with van der Waals surface area (Å²) in [6, 6.07) is 7.51. The summed E-state index contributed by atoms with van der Waals surface area (Å²) >= 11 is 0. The van der Waals surface area contributed by atoms with Crippen LogP contribution in [0.3, 0.4) is 0 Å². The van der Waals surface area contributed by atoms with Crippen LogP contribution in [0.15, 0.2) is 24.3 Å². The van der Waals surface area contributed by atoms with Gasteiger partial charge in [-0.3, -0.25) is 4.79 Å². The fourth-order valence-corrected chi connectivity index (χ4v) is 2.57. The van der Waals surface area contributed by atoms with E-state index in [9.17, 15) is 4.79 Å². The summed E-state index contributed by atoms with van der Waals surface area (Å²) in [7, 11) is -0.391. The lowest BCUT2D eigenvalue weighted by Gasteiger charge is -2.27. The second-order valence-electron chi connectivity index (χ2n) is 6.05. The molecule has 3 rings (SSSR count). The fraction of sp³-hybridized carbons (Fsp3) is 0.533. The Bertz CT molecular complexity index is 528. The topological polar surface area (TPSA) is 48.0 Å². The Hall–Kier alpha value is -1.37. The zero-order chi connectivity index (χ0) is 14.9. The quantitative estimate of drug-likeness (QED) is 0.751. The molecule has 2 fully saturated rings. The Morgan fingerprint density at radius 2 is 2.05 bits per heavy atom. The summed E-state index contributed by atoms with van der Waals surface area (Å²) in [5.74, 6) is 0.0393. The first kappa shape index (κ1) is 14.6. The molecule has 0 aromatic heterocycles. The lowest BCUT2D eigenvalue weighted by molar-refractivity contribution is 0.0303. The molecule has 2 saturated heterocycles. The Kier molecular flexibility index (Phi) is 4.02. The van der Waals surface area contributed by atoms with Crippen LogP contribution in [0.25, 0.3) is 0 Å². The Labute approximate surface area is 125 Å². The Morgan fingerprint density at radius 1 is 1.29 bits per heavy atom. The molecule has 2 aliphatic heterocycles. The molecule has 0 saturated carbocycles. The molecule has 2 heterocycles. The number of amides is 1. The van der Waals surface area contributed by atoms with Crippen molar-refractivity contribution in [2.75, 3.05) is 32.9 Å². The molecule has 0 spiro atoms. The number of morpholine rings is 1. The molecule has 0 unspecified atom stereocenters. The number of carbonyl (C=O) groups excluding carboxylic acids is 1. The van der Waals surface area contributed by atoms with Crippen molar-refractivity contribution in [3.8, 4) is 0 Å². The van der Waals surface area contributed by atoms with Crippen LogP contribution >= 0.6 is 0 Å². The van der Waals surface area contributed by atoms with Crippen molar-refractivity contribution in [1.29, 1.82) is 0 Å². The van der Waals surface area contributed by atoms with E-state index < -0.39 is 7.12 Å². The van der Waals surface area contributed by atoms with Crippen LogP contribution in [0.4, 0.5) is 0 Å². The van der Waals surface area contributed by atoms with Crippen molar-refractivity contribution in [3.63, 3.8) is 0 Å². The average Bonchev–Trinajstić information content (AvgIpc) is 2.88. The van der Waals surface area contributed by atoms with Gasteiger partial charge in [0.15, 0.2) is 0 Å². The van der Waals surface area contributed by atoms with Gasteiger partial charge in [-0.1, -0.05) is 12.1 Å². The number of ether oxygens (including phenoxy) is 1. The number of hydrogen-bond acceptors (Lipinski definition) is 4. The van der Waals surface area contributed by atoms with Crippen LogP contribution in [0, 0.1) is 0 Å². The molecule has 0 N–H and O–H groups in total. The zero-order valence-corrected chi connectivity index (χ0v) is 12.5. The monoisotopic (exact) mass is 289 g/mol. The number of carbonyl (C=O) groups is 1. The van der Waals surface area contributed by atoms with Gasteiger partial charge in [0, 0.05) is 18.7 Å². The van der Waals surface area contributed by atoms with E-state index in [4.69, 9.17) is 14.0 Å². The molecule has 0 atom stereocenters. The summed E-state index contributed by atoms with van der Waals surface area (Å²) in [5, 5.41) is 0. The SMILES string of the molecule is CC1(C)COB(c2cccc(C(=O)N3CCOCC3)c2)O1. The average molecular weight is 289 g/mol. The van der Waals surface area contributed by atoms with E-state index in [0.717, 1.165) is 5.46 Å². The fourth-order valence-electron chi connectivity index (χ4n) is 2.57. The number of rotatable bonds is 2. The van der Waals surface area contributed by atoms with Crippen LogP contribution in [0.5, 0.6) is 0 Å². The van der Waals surface area contributed by atoms with E-state index in [1.807, 2.05) is 43.0 Å². The molecular weight excluding hydrogens is 269 g/mol. The van der Waals surface area contributed by atoms with E-state index in [-0.39, 0.29) is 11.5 Å². The molecule has 0 bridgehead atoms. The largest absolute Gasteiger partial charge is 0.494 e. The molecule has 21 heavy (non-hydrogen) atoms. The first-order valence-electron chi connectivity index (χ1n) is 7.32. The highest BCUT2D eigenvalue weighted by molar-refractivity contribution is 6.62. The van der Waals surface area contributed by atoms with Gasteiger partial charge < -0.3 is 18.9 Å². The van der Waals surface area contributed by atoms with Gasteiger partial charge in [-0.25, -0.2) is 0 Å². The first-order valence-corrected chi connectivity index (χ1v) is 7.32. The van der Waals surface area contributed by atoms with Crippen molar-refractivity contribution < 1.29 is 18.8 Å². The molecule has 6 heteroatoms. The highest BCUT2D eigenvalue weighted by Crippen LogP contribution is 2.19. The molecule has 1 amide bonds. The first-order chi connectivity index (χ1) is 10.1. The summed E-state index contributed by atoms with van der Waals surface area (Å²) < 4.78 is 16.8. The van der Waals surface area contributed by atoms with E-state index >= 15 is 0 Å². The maximum absolute atomic E-state index is 12.5. The van der Waals surface area contributed by atoms with Gasteiger partial charge in [0.2, 0.25) is 0 Å². The second kappa shape index (κ2) is 5.79. The normalized spacial score (nSPS) is 21.6. The molecule has 1 aromatic carbocycles. The van der Waals surface area contributed by atoms with Crippen molar-refractivity contribution >= 4 is 18.5 Å². The van der Waals surface area contributed by atoms with Crippen molar-refractivity contribution in [2.24, 2.45) is 0 Å². The third-order valence-electron chi connectivity index (χ3n) is 3.71.